The minimum atomic E-state index is -1.53. The van der Waals surface area contributed by atoms with Crippen LogP contribution in [0.15, 0.2) is 121 Å². The average molecular weight is 1310 g/mol. The summed E-state index contributed by atoms with van der Waals surface area (Å²) in [7, 11) is -1.53. The number of fused-ring (bicyclic) bond motifs is 25. The zero-order chi connectivity index (χ0) is 64.2. The molecule has 16 rings (SSSR count). The van der Waals surface area contributed by atoms with Gasteiger partial charge in [-0.15, -0.1) is 45.3 Å². The van der Waals surface area contributed by atoms with Crippen molar-refractivity contribution in [2.45, 2.75) is 191 Å². The molecule has 4 nitrogen and oxygen atoms in total. The Morgan fingerprint density at radius 3 is 1.48 bits per heavy atom. The Labute approximate surface area is 570 Å². The number of aromatic nitrogens is 3. The molecule has 14 aromatic rings. The molecule has 2 aliphatic rings. The molecule has 0 radical (unpaired) electrons. The highest BCUT2D eigenvalue weighted by Crippen LogP contribution is 2.52. The molecule has 4 atom stereocenters. The van der Waals surface area contributed by atoms with E-state index in [1.54, 1.807) is 0 Å². The van der Waals surface area contributed by atoms with E-state index in [0.29, 0.717) is 23.7 Å². The second-order valence-electron chi connectivity index (χ2n) is 28.5. The van der Waals surface area contributed by atoms with Crippen LogP contribution in [0, 0.1) is 30.6 Å². The van der Waals surface area contributed by atoms with Crippen LogP contribution in [0.25, 0.3) is 127 Å². The fourth-order valence-corrected chi connectivity index (χ4v) is 22.9. The molecule has 480 valence electrons. The van der Waals surface area contributed by atoms with Crippen molar-refractivity contribution in [3.63, 3.8) is 0 Å². The summed E-state index contributed by atoms with van der Waals surface area (Å²) in [5.74, 6) is 2.47. The number of benzene rings is 7. The van der Waals surface area contributed by atoms with Crippen molar-refractivity contribution >= 4 is 179 Å². The molecule has 0 saturated heterocycles. The van der Waals surface area contributed by atoms with E-state index in [0.717, 1.165) is 82.8 Å². The van der Waals surface area contributed by atoms with Crippen molar-refractivity contribution in [2.24, 2.45) is 23.7 Å². The molecule has 7 aromatic heterocycles. The van der Waals surface area contributed by atoms with Gasteiger partial charge < -0.3 is 9.13 Å². The minimum Gasteiger partial charge on any atom is -0.340 e. The molecule has 2 aliphatic heterocycles. The Balaban J connectivity index is 1.02. The molecule has 0 N–H and O–H groups in total. The van der Waals surface area contributed by atoms with Crippen LogP contribution in [-0.4, -0.2) is 20.9 Å². The summed E-state index contributed by atoms with van der Waals surface area (Å²) in [6.45, 7) is 23.0. The second-order valence-corrected chi connectivity index (χ2v) is 32.8. The molecule has 0 bridgehead atoms. The van der Waals surface area contributed by atoms with E-state index in [2.05, 4.69) is 202 Å². The van der Waals surface area contributed by atoms with Crippen LogP contribution in [0.5, 0.6) is 0 Å². The number of unbranched alkanes of at least 4 members (excludes halogenated alkanes) is 4. The van der Waals surface area contributed by atoms with E-state index < -0.39 is 7.26 Å². The average Bonchev–Trinajstić information content (AvgIpc) is 1.50. The highest BCUT2D eigenvalue weighted by atomic mass is 32.1. The Morgan fingerprint density at radius 2 is 0.947 bits per heavy atom. The lowest BCUT2D eigenvalue weighted by Gasteiger charge is -2.20. The molecule has 0 amide bonds. The van der Waals surface area contributed by atoms with E-state index in [4.69, 9.17) is 0 Å². The molecule has 4 unspecified atom stereocenters. The fraction of sp³-hybridized carbons (Fsp3) is 0.393. The maximum Gasteiger partial charge on any atom is 0.847 e. The zero-order valence-electron chi connectivity index (χ0n) is 56.9. The first-order valence-corrected chi connectivity index (χ1v) is 39.7. The topological polar surface area (TPSA) is 17.8 Å². The summed E-state index contributed by atoms with van der Waals surface area (Å²) >= 11 is 7.85. The van der Waals surface area contributed by atoms with Crippen molar-refractivity contribution < 1.29 is 4.32 Å². The first kappa shape index (κ1) is 62.3. The predicted octanol–water partition coefficient (Wildman–Crippen LogP) is 24.8. The third-order valence-electron chi connectivity index (χ3n) is 22.6. The lowest BCUT2D eigenvalue weighted by atomic mass is 9.89. The number of hydrogen-bond donors (Lipinski definition) is 0. The van der Waals surface area contributed by atoms with Gasteiger partial charge in [0, 0.05) is 98.1 Å². The maximum absolute atomic E-state index is 20.4. The number of thiophene rings is 4. The third kappa shape index (κ3) is 10.1. The van der Waals surface area contributed by atoms with Gasteiger partial charge in [-0.25, -0.2) is 8.80 Å². The zero-order valence-corrected chi connectivity index (χ0v) is 60.1. The van der Waals surface area contributed by atoms with Crippen LogP contribution in [-0.2, 0) is 25.9 Å². The molecular formula is C84H91BFN4S4+. The van der Waals surface area contributed by atoms with E-state index in [-0.39, 0.29) is 0 Å². The monoisotopic (exact) mass is 1310 g/mol. The first-order valence-electron chi connectivity index (χ1n) is 36.4. The van der Waals surface area contributed by atoms with Gasteiger partial charge in [-0.1, -0.05) is 212 Å². The molecule has 10 heteroatoms. The van der Waals surface area contributed by atoms with Crippen LogP contribution < -0.4 is 15.1 Å². The van der Waals surface area contributed by atoms with E-state index >= 15 is 4.32 Å². The summed E-state index contributed by atoms with van der Waals surface area (Å²) in [4.78, 5) is 2.96. The minimum absolute atomic E-state index is 0.571. The van der Waals surface area contributed by atoms with Gasteiger partial charge >= 0.3 is 7.26 Å². The van der Waals surface area contributed by atoms with Gasteiger partial charge in [-0.3, -0.25) is 4.48 Å². The first-order chi connectivity index (χ1) is 46.1. The highest BCUT2D eigenvalue weighted by molar-refractivity contribution is 7.34. The van der Waals surface area contributed by atoms with E-state index in [1.807, 2.05) is 45.3 Å². The second kappa shape index (κ2) is 25.5. The summed E-state index contributed by atoms with van der Waals surface area (Å²) in [5.41, 5.74) is 11.5. The smallest absolute Gasteiger partial charge is 0.340 e. The van der Waals surface area contributed by atoms with Crippen LogP contribution in [0.4, 0.5) is 4.32 Å². The molecule has 0 fully saturated rings. The molecule has 7 aromatic carbocycles. The van der Waals surface area contributed by atoms with Crippen LogP contribution in [0.1, 0.15) is 185 Å². The number of halogens is 1. The number of hydrogen-bond acceptors (Lipinski definition) is 4. The van der Waals surface area contributed by atoms with E-state index in [1.165, 1.54) is 209 Å². The van der Waals surface area contributed by atoms with Crippen molar-refractivity contribution in [1.82, 2.24) is 18.1 Å². The SMILES string of the molecule is CCCCC(CC)Cc1cc2sc3c4c(c5cc6c(cc5c3c2s1)c1ccccc1n6CC(CC)CCCC)=CC1=C(c2ccc(C)cc2)c2cc3c5cc6c(cc5c5c7sc(CC(CC)CCCC)cc7sc5c3n2B(F)[N+]=41)c1ccccc1n6CC(CC)CCCC. The number of rotatable bonds is 25. The van der Waals surface area contributed by atoms with Gasteiger partial charge in [0.2, 0.25) is 5.36 Å². The van der Waals surface area contributed by atoms with Gasteiger partial charge in [-0.05, 0) is 138 Å². The Bertz CT molecular complexity index is 5460. The normalized spacial score (nSPS) is 15.0. The van der Waals surface area contributed by atoms with Gasteiger partial charge in [0.1, 0.15) is 4.70 Å². The van der Waals surface area contributed by atoms with Crippen molar-refractivity contribution in [3.05, 3.63) is 158 Å². The van der Waals surface area contributed by atoms with Crippen LogP contribution in [0.3, 0.4) is 0 Å². The Morgan fingerprint density at radius 1 is 0.457 bits per heavy atom. The fourth-order valence-electron chi connectivity index (χ4n) is 17.2. The number of aryl methyl sites for hydroxylation is 1. The van der Waals surface area contributed by atoms with Gasteiger partial charge in [0.05, 0.1) is 36.1 Å². The maximum atomic E-state index is 20.4. The van der Waals surface area contributed by atoms with Crippen molar-refractivity contribution in [3.8, 4) is 0 Å². The summed E-state index contributed by atoms with van der Waals surface area (Å²) in [5, 5.41) is 16.2. The van der Waals surface area contributed by atoms with Crippen molar-refractivity contribution in [2.75, 3.05) is 0 Å². The largest absolute Gasteiger partial charge is 0.847 e. The predicted molar refractivity (Wildman–Crippen MR) is 416 cm³/mol. The molecule has 9 heterocycles. The number of para-hydroxylation sites is 2. The number of allylic oxidation sites excluding steroid dienone is 1. The van der Waals surface area contributed by atoms with Gasteiger partial charge in [0.25, 0.3) is 0 Å². The van der Waals surface area contributed by atoms with Crippen molar-refractivity contribution in [1.29, 1.82) is 0 Å². The Kier molecular flexibility index (Phi) is 16.9. The standard InChI is InChI=1S/C84H91BFN4S4/c1-10-18-26-51(14-5)38-56-40-74-81(91-56)77-64-42-62-58-30-22-24-32-68(58)87(48-53(16-7)28-20-12-3)70(62)44-60(64)66-46-72-76(55-36-34-50(9)35-37-55)73-47-67-61-45-71-63(59-31-23-25-33-69(59)88(71)49-54(17-8)29-21-13-4)43-65(61)78-82-75(41-57(92-82)39-52(15-6)27-19-11-2)94-84(78)80(67)90(73)85(86)89(72)79(66)83(77)93-74/h22-25,30-37,40-47,51-54H,10-21,26-29,38-39,48-49H2,1-9H3/q+1. The summed E-state index contributed by atoms with van der Waals surface area (Å²) < 4.78 is 37.8. The molecular weight excluding hydrogens is 1220 g/mol. The highest BCUT2D eigenvalue weighted by Gasteiger charge is 2.51. The molecule has 0 spiro atoms. The summed E-state index contributed by atoms with van der Waals surface area (Å²) in [6, 6.07) is 45.2. The molecule has 0 aliphatic carbocycles. The Hall–Kier alpha value is -6.56. The van der Waals surface area contributed by atoms with Crippen LogP contribution in [0.2, 0.25) is 0 Å². The molecule has 94 heavy (non-hydrogen) atoms. The number of nitrogens with zero attached hydrogens (tertiary/aromatic N) is 4. The lowest BCUT2D eigenvalue weighted by Crippen LogP contribution is -2.48. The van der Waals surface area contributed by atoms with Gasteiger partial charge in [0.15, 0.2) is 5.70 Å². The summed E-state index contributed by atoms with van der Waals surface area (Å²) in [6.07, 6.45) is 24.2. The quantitative estimate of drug-likeness (QED) is 0.0508. The molecule has 0 saturated carbocycles. The lowest BCUT2D eigenvalue weighted by molar-refractivity contribution is 0.401. The van der Waals surface area contributed by atoms with E-state index in [9.17, 15) is 0 Å². The van der Waals surface area contributed by atoms with Gasteiger partial charge in [-0.2, -0.15) is 0 Å². The third-order valence-corrected chi connectivity index (χ3v) is 27.5. The van der Waals surface area contributed by atoms with Crippen LogP contribution >= 0.6 is 45.3 Å².